The third-order valence-electron chi connectivity index (χ3n) is 4.11. The normalized spacial score (nSPS) is 12.5. The van der Waals surface area contributed by atoms with Crippen LogP contribution in [0.2, 0.25) is 0 Å². The van der Waals surface area contributed by atoms with Crippen LogP contribution >= 0.6 is 0 Å². The Labute approximate surface area is 141 Å². The standard InChI is InChI=1S/C19H19NO3S/c1-19(2,3)15-8-10-16(11-9-15)24(22,23)20-12-14(13-21)17-6-4-5-7-18(17)20/h4-13H,1-3H3. The molecule has 0 aliphatic carbocycles. The van der Waals surface area contributed by atoms with Crippen LogP contribution in [0.4, 0.5) is 0 Å². The lowest BCUT2D eigenvalue weighted by Crippen LogP contribution is -2.14. The summed E-state index contributed by atoms with van der Waals surface area (Å²) in [6, 6.07) is 13.9. The highest BCUT2D eigenvalue weighted by atomic mass is 32.2. The molecule has 0 spiro atoms. The summed E-state index contributed by atoms with van der Waals surface area (Å²) < 4.78 is 27.1. The zero-order valence-corrected chi connectivity index (χ0v) is 14.7. The molecule has 0 unspecified atom stereocenters. The topological polar surface area (TPSA) is 56.1 Å². The molecule has 0 aliphatic rings. The SMILES string of the molecule is CC(C)(C)c1ccc(S(=O)(=O)n2cc(C=O)c3ccccc32)cc1. The van der Waals surface area contributed by atoms with Crippen molar-refractivity contribution >= 4 is 27.2 Å². The van der Waals surface area contributed by atoms with Crippen LogP contribution in [0.3, 0.4) is 0 Å². The van der Waals surface area contributed by atoms with E-state index in [-0.39, 0.29) is 10.3 Å². The number of aldehydes is 1. The van der Waals surface area contributed by atoms with Gasteiger partial charge in [0.2, 0.25) is 0 Å². The fourth-order valence-corrected chi connectivity index (χ4v) is 4.09. The Balaban J connectivity index is 2.17. The Morgan fingerprint density at radius 1 is 0.958 bits per heavy atom. The zero-order valence-electron chi connectivity index (χ0n) is 13.9. The van der Waals surface area contributed by atoms with E-state index in [1.54, 1.807) is 36.4 Å². The summed E-state index contributed by atoms with van der Waals surface area (Å²) in [4.78, 5) is 11.4. The van der Waals surface area contributed by atoms with Gasteiger partial charge in [-0.2, -0.15) is 0 Å². The molecule has 0 aliphatic heterocycles. The van der Waals surface area contributed by atoms with Crippen molar-refractivity contribution in [2.75, 3.05) is 0 Å². The summed E-state index contributed by atoms with van der Waals surface area (Å²) >= 11 is 0. The van der Waals surface area contributed by atoms with Crippen LogP contribution in [-0.2, 0) is 15.4 Å². The van der Waals surface area contributed by atoms with Gasteiger partial charge in [0.1, 0.15) is 0 Å². The van der Waals surface area contributed by atoms with Gasteiger partial charge in [0.25, 0.3) is 10.0 Å². The Bertz CT molecular complexity index is 1010. The van der Waals surface area contributed by atoms with E-state index in [9.17, 15) is 13.2 Å². The molecule has 0 fully saturated rings. The van der Waals surface area contributed by atoms with E-state index >= 15 is 0 Å². The fraction of sp³-hybridized carbons (Fsp3) is 0.211. The van der Waals surface area contributed by atoms with Crippen LogP contribution in [-0.4, -0.2) is 18.7 Å². The predicted molar refractivity (Wildman–Crippen MR) is 95.1 cm³/mol. The molecule has 124 valence electrons. The summed E-state index contributed by atoms with van der Waals surface area (Å²) in [5.74, 6) is 0. The number of carbonyl (C=O) groups excluding carboxylic acids is 1. The van der Waals surface area contributed by atoms with Gasteiger partial charge in [-0.15, -0.1) is 0 Å². The second-order valence-electron chi connectivity index (χ2n) is 6.79. The first-order valence-corrected chi connectivity index (χ1v) is 9.10. The highest BCUT2D eigenvalue weighted by molar-refractivity contribution is 7.90. The van der Waals surface area contributed by atoms with Crippen LogP contribution in [0.25, 0.3) is 10.9 Å². The smallest absolute Gasteiger partial charge is 0.268 e. The number of benzene rings is 2. The van der Waals surface area contributed by atoms with Crippen molar-refractivity contribution in [3.05, 3.63) is 65.9 Å². The molecule has 0 bridgehead atoms. The van der Waals surface area contributed by atoms with Gasteiger partial charge in [-0.3, -0.25) is 4.79 Å². The molecule has 0 N–H and O–H groups in total. The number of hydrogen-bond donors (Lipinski definition) is 0. The van der Waals surface area contributed by atoms with E-state index in [1.807, 2.05) is 12.1 Å². The van der Waals surface area contributed by atoms with Crippen molar-refractivity contribution in [3.8, 4) is 0 Å². The van der Waals surface area contributed by atoms with E-state index in [0.717, 1.165) is 5.56 Å². The maximum absolute atomic E-state index is 13.0. The number of fused-ring (bicyclic) bond motifs is 1. The Morgan fingerprint density at radius 3 is 2.17 bits per heavy atom. The first kappa shape index (κ1) is 16.5. The first-order chi connectivity index (χ1) is 11.2. The van der Waals surface area contributed by atoms with Gasteiger partial charge < -0.3 is 0 Å². The molecule has 4 nitrogen and oxygen atoms in total. The van der Waals surface area contributed by atoms with E-state index in [4.69, 9.17) is 0 Å². The minimum Gasteiger partial charge on any atom is -0.298 e. The third-order valence-corrected chi connectivity index (χ3v) is 5.80. The monoisotopic (exact) mass is 341 g/mol. The number of carbonyl (C=O) groups is 1. The number of nitrogens with zero attached hydrogens (tertiary/aromatic N) is 1. The molecule has 3 rings (SSSR count). The summed E-state index contributed by atoms with van der Waals surface area (Å²) in [5, 5.41) is 0.627. The maximum Gasteiger partial charge on any atom is 0.268 e. The van der Waals surface area contributed by atoms with Crippen molar-refractivity contribution in [3.63, 3.8) is 0 Å². The summed E-state index contributed by atoms with van der Waals surface area (Å²) in [6.45, 7) is 6.23. The van der Waals surface area contributed by atoms with Crippen LogP contribution in [0.15, 0.2) is 59.6 Å². The second-order valence-corrected chi connectivity index (χ2v) is 8.61. The molecule has 2 aromatic carbocycles. The van der Waals surface area contributed by atoms with Gasteiger partial charge in [-0.05, 0) is 29.2 Å². The molecule has 0 atom stereocenters. The highest BCUT2D eigenvalue weighted by Gasteiger charge is 2.22. The van der Waals surface area contributed by atoms with E-state index < -0.39 is 10.0 Å². The first-order valence-electron chi connectivity index (χ1n) is 7.66. The number of rotatable bonds is 3. The molecule has 0 saturated carbocycles. The molecule has 1 aromatic heterocycles. The molecule has 3 aromatic rings. The second kappa shape index (κ2) is 5.60. The summed E-state index contributed by atoms with van der Waals surface area (Å²) in [7, 11) is -3.76. The summed E-state index contributed by atoms with van der Waals surface area (Å²) in [5.41, 5.74) is 1.88. The van der Waals surface area contributed by atoms with Crippen molar-refractivity contribution in [1.82, 2.24) is 3.97 Å². The highest BCUT2D eigenvalue weighted by Crippen LogP contribution is 2.27. The number of hydrogen-bond acceptors (Lipinski definition) is 3. The Kier molecular flexibility index (Phi) is 3.84. The average Bonchev–Trinajstić information content (AvgIpc) is 2.94. The number of aromatic nitrogens is 1. The largest absolute Gasteiger partial charge is 0.298 e. The molecule has 1 heterocycles. The molecular formula is C19H19NO3S. The van der Waals surface area contributed by atoms with Crippen molar-refractivity contribution in [2.24, 2.45) is 0 Å². The van der Waals surface area contributed by atoms with Gasteiger partial charge in [-0.25, -0.2) is 12.4 Å². The molecule has 0 radical (unpaired) electrons. The predicted octanol–water partition coefficient (Wildman–Crippen LogP) is 3.99. The Hall–Kier alpha value is -2.40. The lowest BCUT2D eigenvalue weighted by Gasteiger charge is -2.19. The zero-order chi connectivity index (χ0) is 17.5. The summed E-state index contributed by atoms with van der Waals surface area (Å²) in [6.07, 6.45) is 2.06. The molecule has 5 heteroatoms. The lowest BCUT2D eigenvalue weighted by molar-refractivity contribution is 0.112. The minimum atomic E-state index is -3.76. The maximum atomic E-state index is 13.0. The van der Waals surface area contributed by atoms with Gasteiger partial charge in [-0.1, -0.05) is 51.1 Å². The van der Waals surface area contributed by atoms with E-state index in [0.29, 0.717) is 22.8 Å². The van der Waals surface area contributed by atoms with Gasteiger partial charge in [0, 0.05) is 17.1 Å². The molecular weight excluding hydrogens is 322 g/mol. The van der Waals surface area contributed by atoms with Crippen LogP contribution in [0.1, 0.15) is 36.7 Å². The van der Waals surface area contributed by atoms with Crippen LogP contribution in [0, 0.1) is 0 Å². The van der Waals surface area contributed by atoms with Crippen LogP contribution < -0.4 is 0 Å². The minimum absolute atomic E-state index is 0.0485. The fourth-order valence-electron chi connectivity index (χ4n) is 2.71. The lowest BCUT2D eigenvalue weighted by atomic mass is 9.87. The molecule has 0 saturated heterocycles. The van der Waals surface area contributed by atoms with Crippen LogP contribution in [0.5, 0.6) is 0 Å². The van der Waals surface area contributed by atoms with Crippen molar-refractivity contribution in [2.45, 2.75) is 31.1 Å². The quantitative estimate of drug-likeness (QED) is 0.677. The van der Waals surface area contributed by atoms with Crippen molar-refractivity contribution < 1.29 is 13.2 Å². The van der Waals surface area contributed by atoms with Gasteiger partial charge in [0.05, 0.1) is 10.4 Å². The van der Waals surface area contributed by atoms with E-state index in [2.05, 4.69) is 20.8 Å². The van der Waals surface area contributed by atoms with Gasteiger partial charge >= 0.3 is 0 Å². The average molecular weight is 341 g/mol. The van der Waals surface area contributed by atoms with Gasteiger partial charge in [0.15, 0.2) is 6.29 Å². The van der Waals surface area contributed by atoms with E-state index in [1.165, 1.54) is 10.2 Å². The Morgan fingerprint density at radius 2 is 1.58 bits per heavy atom. The van der Waals surface area contributed by atoms with Crippen molar-refractivity contribution in [1.29, 1.82) is 0 Å². The molecule has 24 heavy (non-hydrogen) atoms. The third kappa shape index (κ3) is 2.65. The number of para-hydroxylation sites is 1. The molecule has 0 amide bonds.